The molecular weight excluding hydrogens is 270 g/mol. The van der Waals surface area contributed by atoms with Gasteiger partial charge in [0.05, 0.1) is 22.9 Å². The Morgan fingerprint density at radius 3 is 2.68 bits per heavy atom. The summed E-state index contributed by atoms with van der Waals surface area (Å²) in [5.41, 5.74) is 6.74. The van der Waals surface area contributed by atoms with Crippen LogP contribution in [0.1, 0.15) is 6.92 Å². The van der Waals surface area contributed by atoms with E-state index in [2.05, 4.69) is 76.4 Å². The number of fused-ring (bicyclic) bond motifs is 3. The van der Waals surface area contributed by atoms with Crippen molar-refractivity contribution in [1.82, 2.24) is 9.38 Å². The summed E-state index contributed by atoms with van der Waals surface area (Å²) in [6.07, 6.45) is 4.01. The van der Waals surface area contributed by atoms with Gasteiger partial charge in [0.25, 0.3) is 0 Å². The van der Waals surface area contributed by atoms with Gasteiger partial charge >= 0.3 is 0 Å². The molecule has 0 radical (unpaired) electrons. The van der Waals surface area contributed by atoms with E-state index in [0.717, 1.165) is 28.8 Å². The first-order valence-corrected chi connectivity index (χ1v) is 7.56. The second kappa shape index (κ2) is 5.19. The average Bonchev–Trinajstić information content (AvgIpc) is 3.05. The summed E-state index contributed by atoms with van der Waals surface area (Å²) < 4.78 is 2.19. The van der Waals surface area contributed by atoms with Crippen molar-refractivity contribution in [3.05, 3.63) is 67.0 Å². The minimum atomic E-state index is 0.874. The molecule has 0 unspecified atom stereocenters. The SMILES string of the molecule is CCNc1cc(-c2ccccc2)cc2c1ncc1cccn12. The number of nitrogens with one attached hydrogen (secondary N) is 1. The van der Waals surface area contributed by atoms with Gasteiger partial charge in [0.15, 0.2) is 0 Å². The highest BCUT2D eigenvalue weighted by atomic mass is 14.9. The zero-order valence-corrected chi connectivity index (χ0v) is 12.5. The van der Waals surface area contributed by atoms with Gasteiger partial charge in [0.2, 0.25) is 0 Å². The highest BCUT2D eigenvalue weighted by molar-refractivity contribution is 5.94. The molecule has 22 heavy (non-hydrogen) atoms. The normalized spacial score (nSPS) is 11.1. The molecule has 0 saturated carbocycles. The molecule has 0 aliphatic rings. The Labute approximate surface area is 129 Å². The molecule has 0 amide bonds. The van der Waals surface area contributed by atoms with Crippen molar-refractivity contribution < 1.29 is 0 Å². The molecule has 108 valence electrons. The standard InChI is InChI=1S/C19H17N3/c1-2-20-17-11-15(14-7-4-3-5-8-14)12-18-19(17)21-13-16-9-6-10-22(16)18/h3-13,20H,2H2,1H3. The summed E-state index contributed by atoms with van der Waals surface area (Å²) in [6, 6.07) is 19.0. The van der Waals surface area contributed by atoms with Crippen molar-refractivity contribution in [2.75, 3.05) is 11.9 Å². The van der Waals surface area contributed by atoms with E-state index >= 15 is 0 Å². The zero-order chi connectivity index (χ0) is 14.9. The number of nitrogens with zero attached hydrogens (tertiary/aromatic N) is 2. The monoisotopic (exact) mass is 287 g/mol. The predicted octanol–water partition coefficient (Wildman–Crippen LogP) is 4.59. The van der Waals surface area contributed by atoms with Gasteiger partial charge in [-0.15, -0.1) is 0 Å². The third kappa shape index (κ3) is 2.02. The number of rotatable bonds is 3. The van der Waals surface area contributed by atoms with Crippen molar-refractivity contribution in [2.24, 2.45) is 0 Å². The van der Waals surface area contributed by atoms with Gasteiger partial charge in [0, 0.05) is 12.7 Å². The van der Waals surface area contributed by atoms with Crippen molar-refractivity contribution in [1.29, 1.82) is 0 Å². The van der Waals surface area contributed by atoms with Crippen molar-refractivity contribution >= 4 is 22.2 Å². The van der Waals surface area contributed by atoms with Crippen LogP contribution in [0.3, 0.4) is 0 Å². The van der Waals surface area contributed by atoms with Crippen LogP contribution in [0, 0.1) is 0 Å². The fraction of sp³-hybridized carbons (Fsp3) is 0.105. The maximum Gasteiger partial charge on any atom is 0.110 e. The molecule has 3 heteroatoms. The van der Waals surface area contributed by atoms with Crippen LogP contribution < -0.4 is 5.32 Å². The number of aromatic nitrogens is 2. The predicted molar refractivity (Wildman–Crippen MR) is 92.3 cm³/mol. The molecule has 0 fully saturated rings. The van der Waals surface area contributed by atoms with E-state index in [1.165, 1.54) is 11.1 Å². The molecule has 2 aromatic carbocycles. The first-order valence-electron chi connectivity index (χ1n) is 7.56. The molecular formula is C19H17N3. The van der Waals surface area contributed by atoms with Gasteiger partial charge in [-0.3, -0.25) is 4.98 Å². The Bertz CT molecular complexity index is 939. The molecule has 2 aromatic heterocycles. The topological polar surface area (TPSA) is 29.3 Å². The minimum Gasteiger partial charge on any atom is -0.383 e. The first kappa shape index (κ1) is 12.9. The Hall–Kier alpha value is -2.81. The van der Waals surface area contributed by atoms with Crippen LogP contribution in [0.15, 0.2) is 67.0 Å². The molecule has 0 atom stereocenters. The van der Waals surface area contributed by atoms with Crippen LogP contribution in [-0.4, -0.2) is 15.9 Å². The number of hydrogen-bond donors (Lipinski definition) is 1. The summed E-state index contributed by atoms with van der Waals surface area (Å²) in [4.78, 5) is 4.65. The zero-order valence-electron chi connectivity index (χ0n) is 12.5. The van der Waals surface area contributed by atoms with Crippen molar-refractivity contribution in [2.45, 2.75) is 6.92 Å². The van der Waals surface area contributed by atoms with Crippen molar-refractivity contribution in [3.63, 3.8) is 0 Å². The van der Waals surface area contributed by atoms with Crippen LogP contribution in [-0.2, 0) is 0 Å². The van der Waals surface area contributed by atoms with E-state index in [1.54, 1.807) is 0 Å². The van der Waals surface area contributed by atoms with Gasteiger partial charge in [-0.1, -0.05) is 30.3 Å². The summed E-state index contributed by atoms with van der Waals surface area (Å²) in [7, 11) is 0. The molecule has 0 aliphatic heterocycles. The fourth-order valence-corrected chi connectivity index (χ4v) is 2.91. The summed E-state index contributed by atoms with van der Waals surface area (Å²) >= 11 is 0. The summed E-state index contributed by atoms with van der Waals surface area (Å²) in [5.74, 6) is 0. The second-order valence-corrected chi connectivity index (χ2v) is 5.35. The molecule has 4 rings (SSSR count). The Morgan fingerprint density at radius 2 is 1.86 bits per heavy atom. The Kier molecular flexibility index (Phi) is 3.04. The van der Waals surface area contributed by atoms with Crippen LogP contribution in [0.25, 0.3) is 27.7 Å². The molecule has 0 spiro atoms. The van der Waals surface area contributed by atoms with Crippen LogP contribution in [0.5, 0.6) is 0 Å². The lowest BCUT2D eigenvalue weighted by atomic mass is 10.0. The maximum atomic E-state index is 4.65. The van der Waals surface area contributed by atoms with E-state index in [4.69, 9.17) is 0 Å². The lowest BCUT2D eigenvalue weighted by Gasteiger charge is -2.12. The first-order chi connectivity index (χ1) is 10.9. The van der Waals surface area contributed by atoms with Crippen LogP contribution in [0.2, 0.25) is 0 Å². The van der Waals surface area contributed by atoms with Crippen molar-refractivity contribution in [3.8, 4) is 11.1 Å². The minimum absolute atomic E-state index is 0.874. The lowest BCUT2D eigenvalue weighted by Crippen LogP contribution is -2.00. The van der Waals surface area contributed by atoms with Gasteiger partial charge in [-0.05, 0) is 42.3 Å². The van der Waals surface area contributed by atoms with Gasteiger partial charge in [-0.2, -0.15) is 0 Å². The fourth-order valence-electron chi connectivity index (χ4n) is 2.91. The van der Waals surface area contributed by atoms with E-state index in [1.807, 2.05) is 12.3 Å². The highest BCUT2D eigenvalue weighted by Gasteiger charge is 2.09. The summed E-state index contributed by atoms with van der Waals surface area (Å²) in [6.45, 7) is 2.98. The van der Waals surface area contributed by atoms with Gasteiger partial charge in [-0.25, -0.2) is 0 Å². The van der Waals surface area contributed by atoms with Gasteiger partial charge in [0.1, 0.15) is 5.52 Å². The quantitative estimate of drug-likeness (QED) is 0.597. The molecule has 3 nitrogen and oxygen atoms in total. The number of anilines is 1. The Morgan fingerprint density at radius 1 is 1.00 bits per heavy atom. The lowest BCUT2D eigenvalue weighted by molar-refractivity contribution is 1.19. The van der Waals surface area contributed by atoms with Crippen LogP contribution >= 0.6 is 0 Å². The highest BCUT2D eigenvalue weighted by Crippen LogP contribution is 2.30. The second-order valence-electron chi connectivity index (χ2n) is 5.35. The van der Waals surface area contributed by atoms with E-state index in [-0.39, 0.29) is 0 Å². The molecule has 4 aromatic rings. The Balaban J connectivity index is 2.06. The number of benzene rings is 2. The third-order valence-corrected chi connectivity index (χ3v) is 3.93. The third-order valence-electron chi connectivity index (χ3n) is 3.93. The van der Waals surface area contributed by atoms with E-state index in [9.17, 15) is 0 Å². The molecule has 0 aliphatic carbocycles. The van der Waals surface area contributed by atoms with Crippen LogP contribution in [0.4, 0.5) is 5.69 Å². The number of hydrogen-bond acceptors (Lipinski definition) is 2. The molecule has 0 bridgehead atoms. The summed E-state index contributed by atoms with van der Waals surface area (Å²) in [5, 5.41) is 3.44. The molecule has 0 saturated heterocycles. The maximum absolute atomic E-state index is 4.65. The molecule has 1 N–H and O–H groups in total. The average molecular weight is 287 g/mol. The smallest absolute Gasteiger partial charge is 0.110 e. The molecule has 2 heterocycles. The van der Waals surface area contributed by atoms with E-state index in [0.29, 0.717) is 0 Å². The largest absolute Gasteiger partial charge is 0.383 e. The van der Waals surface area contributed by atoms with Gasteiger partial charge < -0.3 is 9.72 Å². The van der Waals surface area contributed by atoms with E-state index < -0.39 is 0 Å².